The van der Waals surface area contributed by atoms with E-state index in [0.29, 0.717) is 9.88 Å². The fourth-order valence-corrected chi connectivity index (χ4v) is 5.17. The van der Waals surface area contributed by atoms with E-state index in [2.05, 4.69) is 4.90 Å². The zero-order chi connectivity index (χ0) is 14.9. The summed E-state index contributed by atoms with van der Waals surface area (Å²) in [5.41, 5.74) is 6.04. The van der Waals surface area contributed by atoms with Crippen LogP contribution in [0.3, 0.4) is 0 Å². The number of ketones is 1. The topological polar surface area (TPSA) is 80.5 Å². The Morgan fingerprint density at radius 3 is 2.20 bits per heavy atom. The third kappa shape index (κ3) is 2.98. The minimum absolute atomic E-state index is 0.115. The predicted octanol–water partition coefficient (Wildman–Crippen LogP) is 2.32. The maximum Gasteiger partial charge on any atom is 0.180 e. The van der Waals surface area contributed by atoms with Gasteiger partial charge in [0.2, 0.25) is 0 Å². The van der Waals surface area contributed by atoms with Crippen LogP contribution in [0.25, 0.3) is 0 Å². The molecule has 1 aromatic heterocycles. The molecule has 0 atom stereocenters. The Morgan fingerprint density at radius 2 is 1.75 bits per heavy atom. The van der Waals surface area contributed by atoms with E-state index in [1.807, 2.05) is 0 Å². The molecule has 0 saturated carbocycles. The molecule has 1 aliphatic rings. The first kappa shape index (κ1) is 15.3. The number of nitrogen functional groups attached to an aromatic ring is 1. The average Bonchev–Trinajstić information content (AvgIpc) is 2.53. The average molecular weight is 316 g/mol. The molecule has 7 heteroatoms. The van der Waals surface area contributed by atoms with Crippen LogP contribution in [0.1, 0.15) is 42.3 Å². The highest BCUT2D eigenvalue weighted by Gasteiger charge is 2.28. The fourth-order valence-electron chi connectivity index (χ4n) is 2.52. The number of rotatable bonds is 3. The molecule has 1 aliphatic heterocycles. The van der Waals surface area contributed by atoms with Gasteiger partial charge in [-0.2, -0.15) is 0 Å². The number of hydrogen-bond acceptors (Lipinski definition) is 6. The van der Waals surface area contributed by atoms with Gasteiger partial charge in [-0.05, 0) is 12.8 Å². The second-order valence-corrected chi connectivity index (χ2v) is 8.16. The largest absolute Gasteiger partial charge is 0.396 e. The van der Waals surface area contributed by atoms with Crippen molar-refractivity contribution < 1.29 is 13.2 Å². The molecule has 2 N–H and O–H groups in total. The monoisotopic (exact) mass is 316 g/mol. The van der Waals surface area contributed by atoms with E-state index < -0.39 is 9.84 Å². The van der Waals surface area contributed by atoms with Crippen LogP contribution < -0.4 is 10.6 Å². The smallest absolute Gasteiger partial charge is 0.180 e. The van der Waals surface area contributed by atoms with Gasteiger partial charge in [0.15, 0.2) is 15.6 Å². The van der Waals surface area contributed by atoms with E-state index in [1.165, 1.54) is 18.3 Å². The van der Waals surface area contributed by atoms with Crippen molar-refractivity contribution in [3.8, 4) is 0 Å². The van der Waals surface area contributed by atoms with Gasteiger partial charge >= 0.3 is 0 Å². The van der Waals surface area contributed by atoms with Crippen LogP contribution in [-0.2, 0) is 9.84 Å². The third-order valence-electron chi connectivity index (χ3n) is 3.47. The second-order valence-electron chi connectivity index (χ2n) is 5.21. The van der Waals surface area contributed by atoms with Gasteiger partial charge < -0.3 is 10.6 Å². The lowest BCUT2D eigenvalue weighted by Crippen LogP contribution is -2.24. The summed E-state index contributed by atoms with van der Waals surface area (Å²) in [6, 6.07) is 0. The number of hydrogen-bond donors (Lipinski definition) is 1. The van der Waals surface area contributed by atoms with Gasteiger partial charge in [0.05, 0.1) is 10.6 Å². The molecule has 0 aliphatic carbocycles. The summed E-state index contributed by atoms with van der Waals surface area (Å²) in [5.74, 6) is -0.182. The zero-order valence-corrected chi connectivity index (χ0v) is 13.4. The Labute approximate surface area is 123 Å². The molecule has 1 fully saturated rings. The SMILES string of the molecule is CC(=O)c1sc(N2CCCCCC2)c(S(C)(=O)=O)c1N. The van der Waals surface area contributed by atoms with Crippen molar-refractivity contribution >= 4 is 37.6 Å². The molecule has 0 amide bonds. The van der Waals surface area contributed by atoms with Gasteiger partial charge in [0.1, 0.15) is 9.90 Å². The molecule has 2 heterocycles. The predicted molar refractivity (Wildman–Crippen MR) is 82.5 cm³/mol. The van der Waals surface area contributed by atoms with Crippen LogP contribution in [0.5, 0.6) is 0 Å². The summed E-state index contributed by atoms with van der Waals surface area (Å²) >= 11 is 1.21. The van der Waals surface area contributed by atoms with Crippen molar-refractivity contribution in [3.05, 3.63) is 4.88 Å². The van der Waals surface area contributed by atoms with Crippen LogP contribution in [0.15, 0.2) is 4.90 Å². The van der Waals surface area contributed by atoms with Gasteiger partial charge in [0, 0.05) is 26.3 Å². The van der Waals surface area contributed by atoms with Crippen LogP contribution in [0.4, 0.5) is 10.7 Å². The van der Waals surface area contributed by atoms with Crippen LogP contribution in [0.2, 0.25) is 0 Å². The minimum Gasteiger partial charge on any atom is -0.396 e. The first-order chi connectivity index (χ1) is 9.32. The summed E-state index contributed by atoms with van der Waals surface area (Å²) in [4.78, 5) is 14.2. The molecule has 0 radical (unpaired) electrons. The number of anilines is 2. The maximum atomic E-state index is 12.0. The Kier molecular flexibility index (Phi) is 4.39. The third-order valence-corrected chi connectivity index (χ3v) is 6.12. The maximum absolute atomic E-state index is 12.0. The Bertz CT molecular complexity index is 612. The highest BCUT2D eigenvalue weighted by Crippen LogP contribution is 2.42. The van der Waals surface area contributed by atoms with E-state index in [4.69, 9.17) is 5.73 Å². The first-order valence-corrected chi connectivity index (χ1v) is 9.41. The van der Waals surface area contributed by atoms with Crippen molar-refractivity contribution in [2.75, 3.05) is 30.0 Å². The summed E-state index contributed by atoms with van der Waals surface area (Å²) < 4.78 is 24.1. The van der Waals surface area contributed by atoms with Crippen LogP contribution in [0, 0.1) is 0 Å². The highest BCUT2D eigenvalue weighted by atomic mass is 32.2. The standard InChI is InChI=1S/C13H20N2O3S2/c1-9(16)11-10(14)12(20(2,17)18)13(19-11)15-7-5-3-4-6-8-15/h3-8,14H2,1-2H3. The number of thiophene rings is 1. The van der Waals surface area contributed by atoms with E-state index >= 15 is 0 Å². The molecule has 0 bridgehead atoms. The Hall–Kier alpha value is -1.08. The number of nitrogens with two attached hydrogens (primary N) is 1. The molecule has 5 nitrogen and oxygen atoms in total. The van der Waals surface area contributed by atoms with Crippen molar-refractivity contribution in [2.45, 2.75) is 37.5 Å². The van der Waals surface area contributed by atoms with E-state index in [1.54, 1.807) is 0 Å². The molecule has 0 unspecified atom stereocenters. The molecular formula is C13H20N2O3S2. The summed E-state index contributed by atoms with van der Waals surface area (Å²) in [6.45, 7) is 3.06. The molecule has 112 valence electrons. The van der Waals surface area contributed by atoms with E-state index in [9.17, 15) is 13.2 Å². The quantitative estimate of drug-likeness (QED) is 0.866. The minimum atomic E-state index is -3.45. The highest BCUT2D eigenvalue weighted by molar-refractivity contribution is 7.91. The lowest BCUT2D eigenvalue weighted by molar-refractivity contribution is 0.102. The molecule has 0 spiro atoms. The number of nitrogens with zero attached hydrogens (tertiary/aromatic N) is 1. The molecular weight excluding hydrogens is 296 g/mol. The van der Waals surface area contributed by atoms with Crippen LogP contribution >= 0.6 is 11.3 Å². The van der Waals surface area contributed by atoms with E-state index in [0.717, 1.165) is 45.0 Å². The fraction of sp³-hybridized carbons (Fsp3) is 0.615. The number of carbonyl (C=O) groups excluding carboxylic acids is 1. The second kappa shape index (κ2) is 5.73. The summed E-state index contributed by atoms with van der Waals surface area (Å²) in [7, 11) is -3.45. The summed E-state index contributed by atoms with van der Waals surface area (Å²) in [5, 5.41) is 0.636. The number of Topliss-reactive ketones (excluding diaryl/α,β-unsaturated/α-hetero) is 1. The lowest BCUT2D eigenvalue weighted by Gasteiger charge is -2.21. The molecule has 20 heavy (non-hydrogen) atoms. The van der Waals surface area contributed by atoms with Crippen LogP contribution in [-0.4, -0.2) is 33.5 Å². The number of sulfone groups is 1. The summed E-state index contributed by atoms with van der Waals surface area (Å²) in [6.07, 6.45) is 5.54. The zero-order valence-electron chi connectivity index (χ0n) is 11.8. The molecule has 1 saturated heterocycles. The normalized spacial score (nSPS) is 17.0. The first-order valence-electron chi connectivity index (χ1n) is 6.70. The molecule has 2 rings (SSSR count). The van der Waals surface area contributed by atoms with Gasteiger partial charge in [0.25, 0.3) is 0 Å². The number of carbonyl (C=O) groups is 1. The van der Waals surface area contributed by atoms with Crippen molar-refractivity contribution in [2.24, 2.45) is 0 Å². The Morgan fingerprint density at radius 1 is 1.20 bits per heavy atom. The van der Waals surface area contributed by atoms with Gasteiger partial charge in [-0.1, -0.05) is 12.8 Å². The Balaban J connectivity index is 2.56. The van der Waals surface area contributed by atoms with Gasteiger partial charge in [-0.15, -0.1) is 11.3 Å². The van der Waals surface area contributed by atoms with Crippen molar-refractivity contribution in [1.29, 1.82) is 0 Å². The van der Waals surface area contributed by atoms with Gasteiger partial charge in [-0.25, -0.2) is 8.42 Å². The van der Waals surface area contributed by atoms with Crippen molar-refractivity contribution in [1.82, 2.24) is 0 Å². The molecule has 1 aromatic rings. The lowest BCUT2D eigenvalue weighted by atomic mass is 10.2. The molecule has 0 aromatic carbocycles. The van der Waals surface area contributed by atoms with E-state index in [-0.39, 0.29) is 16.4 Å². The van der Waals surface area contributed by atoms with Crippen molar-refractivity contribution in [3.63, 3.8) is 0 Å². The van der Waals surface area contributed by atoms with Gasteiger partial charge in [-0.3, -0.25) is 4.79 Å².